The van der Waals surface area contributed by atoms with Crippen LogP contribution in [0, 0.1) is 6.92 Å². The van der Waals surface area contributed by atoms with Gasteiger partial charge in [-0.1, -0.05) is 13.8 Å². The van der Waals surface area contributed by atoms with Crippen LogP contribution in [-0.4, -0.2) is 52.5 Å². The van der Waals surface area contributed by atoms with Crippen molar-refractivity contribution in [1.82, 2.24) is 9.97 Å². The molecule has 7 nitrogen and oxygen atoms in total. The van der Waals surface area contributed by atoms with Crippen LogP contribution in [0.25, 0.3) is 32.9 Å². The van der Waals surface area contributed by atoms with Crippen LogP contribution in [0.3, 0.4) is 0 Å². The molecule has 0 atom stereocenters. The highest BCUT2D eigenvalue weighted by Gasteiger charge is 2.22. The number of nitrogens with zero attached hydrogens (tertiary/aromatic N) is 3. The number of hydrogen-bond acceptors (Lipinski definition) is 6. The number of carbonyl (C=O) groups is 1. The first kappa shape index (κ1) is 28.9. The van der Waals surface area contributed by atoms with Gasteiger partial charge in [-0.2, -0.15) is 0 Å². The van der Waals surface area contributed by atoms with Crippen molar-refractivity contribution >= 4 is 33.6 Å². The molecule has 5 rings (SSSR count). The van der Waals surface area contributed by atoms with Crippen molar-refractivity contribution in [2.24, 2.45) is 0 Å². The summed E-state index contributed by atoms with van der Waals surface area (Å²) < 4.78 is 5.88. The van der Waals surface area contributed by atoms with Gasteiger partial charge in [-0.15, -0.1) is 0 Å². The average Bonchev–Trinajstić information content (AvgIpc) is 2.85. The Hall–Kier alpha value is -3.71. The summed E-state index contributed by atoms with van der Waals surface area (Å²) in [6.07, 6.45) is 2.60. The first-order valence-corrected chi connectivity index (χ1v) is 13.0. The minimum Gasteiger partial charge on any atom is -0.493 e. The standard InChI is InChI=1S/C25H23N3O3.C4H10O.C2H6/c1-14-12-19-16(5-7-21(27-19)28(2)3)24(18(14)13-22(29)30)17-4-6-20-23-15(9-11-31-20)8-10-26-25(17)23;1-4(2,3)5;1-2/h4-8,10,12H,9,11,13H2,1-3H3,(H,29,30);5H,1-3H3;1-2H3. The van der Waals surface area contributed by atoms with Gasteiger partial charge in [0.05, 0.1) is 29.7 Å². The van der Waals surface area contributed by atoms with E-state index in [1.165, 1.54) is 5.56 Å². The van der Waals surface area contributed by atoms with Gasteiger partial charge < -0.3 is 19.8 Å². The second-order valence-corrected chi connectivity index (χ2v) is 10.3. The van der Waals surface area contributed by atoms with Crippen LogP contribution in [0.5, 0.6) is 5.75 Å². The number of aliphatic carboxylic acids is 1. The molecule has 0 fully saturated rings. The third-order valence-corrected chi connectivity index (χ3v) is 5.94. The van der Waals surface area contributed by atoms with Crippen molar-refractivity contribution in [3.05, 3.63) is 59.3 Å². The molecule has 4 aromatic rings. The topological polar surface area (TPSA) is 95.8 Å². The number of hydrogen-bond donors (Lipinski definition) is 2. The quantitative estimate of drug-likeness (QED) is 0.333. The number of aromatic nitrogens is 2. The lowest BCUT2D eigenvalue weighted by Crippen LogP contribution is -2.11. The van der Waals surface area contributed by atoms with E-state index in [9.17, 15) is 9.90 Å². The fourth-order valence-corrected chi connectivity index (χ4v) is 4.48. The fourth-order valence-electron chi connectivity index (χ4n) is 4.48. The molecule has 2 aromatic heterocycles. The molecule has 3 heterocycles. The zero-order valence-electron chi connectivity index (χ0n) is 23.7. The van der Waals surface area contributed by atoms with Crippen LogP contribution in [-0.2, 0) is 17.6 Å². The maximum Gasteiger partial charge on any atom is 0.307 e. The minimum atomic E-state index is -0.861. The Morgan fingerprint density at radius 3 is 2.42 bits per heavy atom. The zero-order valence-corrected chi connectivity index (χ0v) is 23.7. The highest BCUT2D eigenvalue weighted by atomic mass is 16.5. The van der Waals surface area contributed by atoms with Crippen molar-refractivity contribution in [1.29, 1.82) is 0 Å². The molecular weight excluding hydrogens is 478 g/mol. The van der Waals surface area contributed by atoms with E-state index in [2.05, 4.69) is 0 Å². The Kier molecular flexibility index (Phi) is 8.94. The Labute approximate surface area is 225 Å². The molecule has 1 aliphatic rings. The molecule has 0 spiro atoms. The third kappa shape index (κ3) is 6.40. The predicted octanol–water partition coefficient (Wildman–Crippen LogP) is 6.19. The fraction of sp³-hybridized carbons (Fsp3) is 0.387. The van der Waals surface area contributed by atoms with E-state index in [4.69, 9.17) is 19.8 Å². The molecule has 1 aliphatic heterocycles. The number of carboxylic acids is 1. The van der Waals surface area contributed by atoms with Crippen LogP contribution in [0.1, 0.15) is 51.3 Å². The van der Waals surface area contributed by atoms with Crippen LogP contribution in [0.2, 0.25) is 0 Å². The van der Waals surface area contributed by atoms with Crippen molar-refractivity contribution in [3.8, 4) is 16.9 Å². The second-order valence-electron chi connectivity index (χ2n) is 10.3. The van der Waals surface area contributed by atoms with Gasteiger partial charge >= 0.3 is 5.97 Å². The lowest BCUT2D eigenvalue weighted by molar-refractivity contribution is -0.136. The molecule has 0 unspecified atom stereocenters. The summed E-state index contributed by atoms with van der Waals surface area (Å²) >= 11 is 0. The zero-order chi connectivity index (χ0) is 28.2. The Morgan fingerprint density at radius 2 is 1.79 bits per heavy atom. The number of benzene rings is 2. The number of aryl methyl sites for hydroxylation is 1. The predicted molar refractivity (Wildman–Crippen MR) is 155 cm³/mol. The number of carboxylic acid groups (broad SMARTS) is 1. The molecule has 2 N–H and O–H groups in total. The molecule has 38 heavy (non-hydrogen) atoms. The number of fused-ring (bicyclic) bond motifs is 1. The van der Waals surface area contributed by atoms with E-state index in [-0.39, 0.29) is 6.42 Å². The third-order valence-electron chi connectivity index (χ3n) is 5.94. The summed E-state index contributed by atoms with van der Waals surface area (Å²) in [4.78, 5) is 23.2. The van der Waals surface area contributed by atoms with Crippen molar-refractivity contribution in [3.63, 3.8) is 0 Å². The van der Waals surface area contributed by atoms with E-state index >= 15 is 0 Å². The number of rotatable bonds is 4. The first-order valence-electron chi connectivity index (χ1n) is 13.0. The first-order chi connectivity index (χ1) is 17.9. The Bertz CT molecular complexity index is 1440. The van der Waals surface area contributed by atoms with Crippen LogP contribution in [0.15, 0.2) is 42.6 Å². The van der Waals surface area contributed by atoms with Gasteiger partial charge in [-0.3, -0.25) is 9.78 Å². The van der Waals surface area contributed by atoms with E-state index in [0.29, 0.717) is 6.61 Å². The van der Waals surface area contributed by atoms with Crippen LogP contribution >= 0.6 is 0 Å². The normalized spacial score (nSPS) is 12.1. The molecule has 2 aromatic carbocycles. The number of anilines is 1. The molecule has 7 heteroatoms. The largest absolute Gasteiger partial charge is 0.493 e. The van der Waals surface area contributed by atoms with Gasteiger partial charge in [0.25, 0.3) is 0 Å². The molecule has 0 radical (unpaired) electrons. The number of aliphatic hydroxyl groups is 1. The molecule has 0 saturated carbocycles. The average molecular weight is 518 g/mol. The summed E-state index contributed by atoms with van der Waals surface area (Å²) in [5.74, 6) is 0.825. The smallest absolute Gasteiger partial charge is 0.307 e. The van der Waals surface area contributed by atoms with Gasteiger partial charge in [0, 0.05) is 43.0 Å². The summed E-state index contributed by atoms with van der Waals surface area (Å²) in [7, 11) is 3.91. The van der Waals surface area contributed by atoms with E-state index in [1.54, 1.807) is 20.8 Å². The summed E-state index contributed by atoms with van der Waals surface area (Å²) in [5.41, 5.74) is 5.88. The van der Waals surface area contributed by atoms with Gasteiger partial charge in [0.2, 0.25) is 0 Å². The van der Waals surface area contributed by atoms with Gasteiger partial charge in [-0.25, -0.2) is 4.98 Å². The van der Waals surface area contributed by atoms with E-state index in [1.807, 2.05) is 82.4 Å². The highest BCUT2D eigenvalue weighted by Crippen LogP contribution is 2.42. The van der Waals surface area contributed by atoms with E-state index < -0.39 is 11.6 Å². The number of pyridine rings is 2. The Morgan fingerprint density at radius 1 is 1.11 bits per heavy atom. The van der Waals surface area contributed by atoms with Crippen LogP contribution < -0.4 is 9.64 Å². The lowest BCUT2D eigenvalue weighted by atomic mass is 9.88. The van der Waals surface area contributed by atoms with Gasteiger partial charge in [0.15, 0.2) is 0 Å². The second kappa shape index (κ2) is 11.8. The van der Waals surface area contributed by atoms with Crippen molar-refractivity contribution < 1.29 is 19.7 Å². The highest BCUT2D eigenvalue weighted by molar-refractivity contribution is 6.08. The molecule has 0 amide bonds. The summed E-state index contributed by atoms with van der Waals surface area (Å²) in [6, 6.07) is 12.0. The van der Waals surface area contributed by atoms with Crippen molar-refractivity contribution in [2.75, 3.05) is 25.6 Å². The number of ether oxygens (including phenoxy) is 1. The SMILES string of the molecule is CC.CC(C)(C)O.Cc1cc2nc(N(C)C)ccc2c(-c2ccc3c4c(ccnc24)CCO3)c1CC(=O)O. The molecule has 202 valence electrons. The molecule has 0 saturated heterocycles. The molecular formula is C31H39N3O4. The van der Waals surface area contributed by atoms with Crippen LogP contribution in [0.4, 0.5) is 5.82 Å². The van der Waals surface area contributed by atoms with Gasteiger partial charge in [-0.05, 0) is 86.3 Å². The lowest BCUT2D eigenvalue weighted by Gasteiger charge is -2.22. The maximum absolute atomic E-state index is 11.8. The monoisotopic (exact) mass is 517 g/mol. The minimum absolute atomic E-state index is 0.0635. The van der Waals surface area contributed by atoms with Gasteiger partial charge in [0.1, 0.15) is 11.6 Å². The molecule has 0 aliphatic carbocycles. The Balaban J connectivity index is 0.000000515. The molecule has 0 bridgehead atoms. The van der Waals surface area contributed by atoms with Crippen molar-refractivity contribution in [2.45, 2.75) is 60.0 Å². The van der Waals surface area contributed by atoms with E-state index in [0.717, 1.165) is 62.0 Å². The summed E-state index contributed by atoms with van der Waals surface area (Å²) in [6.45, 7) is 11.8. The summed E-state index contributed by atoms with van der Waals surface area (Å²) in [5, 5.41) is 20.1. The maximum atomic E-state index is 11.8.